The zero-order valence-corrected chi connectivity index (χ0v) is 13.5. The van der Waals surface area contributed by atoms with Gasteiger partial charge >= 0.3 is 7.12 Å². The predicted octanol–water partition coefficient (Wildman–Crippen LogP) is 4.15. The molecule has 0 unspecified atom stereocenters. The molecule has 1 fully saturated rings. The van der Waals surface area contributed by atoms with E-state index in [2.05, 4.69) is 53.3 Å². The van der Waals surface area contributed by atoms with E-state index in [1.165, 1.54) is 5.56 Å². The number of rotatable bonds is 3. The molecule has 2 rings (SSSR count). The zero-order chi connectivity index (χ0) is 15.2. The fraction of sp³-hybridized carbons (Fsp3) is 0.529. The van der Waals surface area contributed by atoms with E-state index >= 15 is 0 Å². The molecule has 0 saturated carbocycles. The summed E-state index contributed by atoms with van der Waals surface area (Å²) in [5, 5.41) is -0.355. The second-order valence-corrected chi connectivity index (χ2v) is 6.94. The van der Waals surface area contributed by atoms with Crippen molar-refractivity contribution in [2.45, 2.75) is 58.1 Å². The van der Waals surface area contributed by atoms with Crippen molar-refractivity contribution in [3.63, 3.8) is 0 Å². The normalized spacial score (nSPS) is 23.4. The second kappa shape index (κ2) is 4.75. The summed E-state index contributed by atoms with van der Waals surface area (Å²) in [5.41, 5.74) is 1.56. The molecule has 0 amide bonds. The summed E-state index contributed by atoms with van der Waals surface area (Å²) in [7, 11) is -0.326. The van der Waals surface area contributed by atoms with Crippen molar-refractivity contribution in [1.82, 2.24) is 0 Å². The van der Waals surface area contributed by atoms with E-state index in [0.29, 0.717) is 0 Å². The second-order valence-electron chi connectivity index (χ2n) is 6.94. The lowest BCUT2D eigenvalue weighted by molar-refractivity contribution is 0.00578. The first-order valence-electron chi connectivity index (χ1n) is 7.18. The first-order valence-corrected chi connectivity index (χ1v) is 7.18. The van der Waals surface area contributed by atoms with Crippen molar-refractivity contribution in [3.8, 4) is 0 Å². The van der Waals surface area contributed by atoms with Crippen LogP contribution in [0.25, 0.3) is 0 Å². The number of allylic oxidation sites excluding steroid dienone is 1. The third-order valence-corrected chi connectivity index (χ3v) is 4.98. The summed E-state index contributed by atoms with van der Waals surface area (Å²) in [5.74, 6) is 0. The molecule has 20 heavy (non-hydrogen) atoms. The van der Waals surface area contributed by atoms with E-state index in [1.54, 1.807) is 0 Å². The minimum atomic E-state index is -0.355. The molecule has 1 aromatic rings. The van der Waals surface area contributed by atoms with Gasteiger partial charge in [-0.05, 0) is 40.2 Å². The van der Waals surface area contributed by atoms with E-state index in [0.717, 1.165) is 5.57 Å². The predicted molar refractivity (Wildman–Crippen MR) is 84.7 cm³/mol. The summed E-state index contributed by atoms with van der Waals surface area (Å²) >= 11 is 0. The fourth-order valence-electron chi connectivity index (χ4n) is 2.45. The van der Waals surface area contributed by atoms with Crippen LogP contribution in [0.1, 0.15) is 47.1 Å². The van der Waals surface area contributed by atoms with Gasteiger partial charge in [-0.2, -0.15) is 0 Å². The van der Waals surface area contributed by atoms with Gasteiger partial charge in [-0.3, -0.25) is 0 Å². The van der Waals surface area contributed by atoms with Crippen molar-refractivity contribution in [2.24, 2.45) is 0 Å². The largest absolute Gasteiger partial charge is 0.473 e. The van der Waals surface area contributed by atoms with E-state index in [9.17, 15) is 0 Å². The molecule has 0 radical (unpaired) electrons. The van der Waals surface area contributed by atoms with E-state index in [-0.39, 0.29) is 23.6 Å². The molecule has 108 valence electrons. The van der Waals surface area contributed by atoms with Gasteiger partial charge in [0.25, 0.3) is 0 Å². The highest BCUT2D eigenvalue weighted by Gasteiger charge is 2.58. The Bertz CT molecular complexity index is 491. The molecule has 3 heteroatoms. The Morgan fingerprint density at radius 1 is 1.05 bits per heavy atom. The van der Waals surface area contributed by atoms with Crippen molar-refractivity contribution < 1.29 is 9.31 Å². The number of hydrogen-bond donors (Lipinski definition) is 0. The third-order valence-electron chi connectivity index (χ3n) is 4.98. The van der Waals surface area contributed by atoms with Crippen molar-refractivity contribution in [3.05, 3.63) is 48.0 Å². The summed E-state index contributed by atoms with van der Waals surface area (Å²) in [4.78, 5) is 0. The lowest BCUT2D eigenvalue weighted by Crippen LogP contribution is -2.44. The van der Waals surface area contributed by atoms with Gasteiger partial charge in [0.05, 0.1) is 11.2 Å². The van der Waals surface area contributed by atoms with Crippen LogP contribution in [0.4, 0.5) is 0 Å². The van der Waals surface area contributed by atoms with E-state index in [4.69, 9.17) is 9.31 Å². The van der Waals surface area contributed by atoms with E-state index in [1.807, 2.05) is 25.1 Å². The van der Waals surface area contributed by atoms with Crippen molar-refractivity contribution >= 4 is 7.12 Å². The van der Waals surface area contributed by atoms with Gasteiger partial charge in [0.1, 0.15) is 0 Å². The van der Waals surface area contributed by atoms with Gasteiger partial charge in [0.2, 0.25) is 0 Å². The van der Waals surface area contributed by atoms with Crippen LogP contribution in [0.5, 0.6) is 0 Å². The Labute approximate surface area is 123 Å². The molecule has 1 aliphatic heterocycles. The SMILES string of the molecule is C=C(C)[C@@](C)(B1OC(C)(C)C(C)(C)O1)c1ccccc1. The van der Waals surface area contributed by atoms with Crippen LogP contribution < -0.4 is 0 Å². The molecule has 0 aliphatic carbocycles. The first kappa shape index (κ1) is 15.3. The van der Waals surface area contributed by atoms with Crippen LogP contribution in [0.2, 0.25) is 0 Å². The molecular weight excluding hydrogens is 247 g/mol. The average molecular weight is 272 g/mol. The number of hydrogen-bond acceptors (Lipinski definition) is 2. The molecule has 1 aliphatic rings. The van der Waals surface area contributed by atoms with Gasteiger partial charge in [0, 0.05) is 5.31 Å². The summed E-state index contributed by atoms with van der Waals surface area (Å²) in [6.45, 7) is 16.7. The minimum absolute atomic E-state index is 0.326. The van der Waals surface area contributed by atoms with Crippen LogP contribution in [0, 0.1) is 0 Å². The lowest BCUT2D eigenvalue weighted by atomic mass is 9.52. The van der Waals surface area contributed by atoms with Crippen LogP contribution in [-0.2, 0) is 14.6 Å². The molecule has 0 spiro atoms. The molecule has 0 aromatic heterocycles. The highest BCUT2D eigenvalue weighted by atomic mass is 16.7. The maximum Gasteiger partial charge on any atom is 0.473 e. The van der Waals surface area contributed by atoms with Crippen LogP contribution in [-0.4, -0.2) is 18.3 Å². The van der Waals surface area contributed by atoms with Crippen LogP contribution in [0.15, 0.2) is 42.5 Å². The lowest BCUT2D eigenvalue weighted by Gasteiger charge is -2.32. The molecular formula is C17H25BO2. The summed E-state index contributed by atoms with van der Waals surface area (Å²) < 4.78 is 12.5. The zero-order valence-electron chi connectivity index (χ0n) is 13.5. The third kappa shape index (κ3) is 2.23. The van der Waals surface area contributed by atoms with Gasteiger partial charge in [-0.25, -0.2) is 0 Å². The first-order chi connectivity index (χ1) is 9.11. The van der Waals surface area contributed by atoms with Gasteiger partial charge in [0.15, 0.2) is 0 Å². The van der Waals surface area contributed by atoms with Gasteiger partial charge < -0.3 is 9.31 Å². The molecule has 2 nitrogen and oxygen atoms in total. The van der Waals surface area contributed by atoms with Crippen molar-refractivity contribution in [1.29, 1.82) is 0 Å². The smallest absolute Gasteiger partial charge is 0.402 e. The van der Waals surface area contributed by atoms with Crippen molar-refractivity contribution in [2.75, 3.05) is 0 Å². The Balaban J connectivity index is 2.45. The molecule has 0 N–H and O–H groups in total. The van der Waals surface area contributed by atoms with E-state index < -0.39 is 0 Å². The minimum Gasteiger partial charge on any atom is -0.402 e. The molecule has 1 atom stereocenters. The average Bonchev–Trinajstić information content (AvgIpc) is 2.58. The highest BCUT2D eigenvalue weighted by Crippen LogP contribution is 2.45. The Morgan fingerprint density at radius 3 is 1.90 bits per heavy atom. The quantitative estimate of drug-likeness (QED) is 0.608. The molecule has 0 bridgehead atoms. The topological polar surface area (TPSA) is 18.5 Å². The van der Waals surface area contributed by atoms with Gasteiger partial charge in [-0.15, -0.1) is 0 Å². The maximum atomic E-state index is 6.26. The Hall–Kier alpha value is -1.06. The standard InChI is InChI=1S/C17H25BO2/c1-13(2)17(7,14-11-9-8-10-12-14)18-19-15(3,4)16(5,6)20-18/h8-12H,1H2,2-7H3/t17-/m1/s1. The summed E-state index contributed by atoms with van der Waals surface area (Å²) in [6.07, 6.45) is 0. The Kier molecular flexibility index (Phi) is 3.64. The monoisotopic (exact) mass is 272 g/mol. The number of benzene rings is 1. The molecule has 1 heterocycles. The van der Waals surface area contributed by atoms with Gasteiger partial charge in [-0.1, -0.05) is 49.4 Å². The molecule has 1 aromatic carbocycles. The fourth-order valence-corrected chi connectivity index (χ4v) is 2.45. The summed E-state index contributed by atoms with van der Waals surface area (Å²) in [6, 6.07) is 10.3. The highest BCUT2D eigenvalue weighted by molar-refractivity contribution is 6.50. The van der Waals surface area contributed by atoms with Crippen LogP contribution in [0.3, 0.4) is 0 Å². The van der Waals surface area contributed by atoms with Crippen LogP contribution >= 0.6 is 0 Å². The Morgan fingerprint density at radius 2 is 1.50 bits per heavy atom. The maximum absolute atomic E-state index is 6.26. The molecule has 1 saturated heterocycles.